The molecule has 1 amide bonds. The quantitative estimate of drug-likeness (QED) is 0.573. The molecule has 1 aromatic carbocycles. The van der Waals surface area contributed by atoms with Gasteiger partial charge in [-0.25, -0.2) is 9.97 Å². The monoisotopic (exact) mass is 369 g/mol. The molecule has 0 fully saturated rings. The van der Waals surface area contributed by atoms with Crippen LogP contribution in [0.4, 0.5) is 5.95 Å². The second-order valence-corrected chi connectivity index (χ2v) is 7.39. The third kappa shape index (κ3) is 2.80. The van der Waals surface area contributed by atoms with Crippen LogP contribution in [0.1, 0.15) is 20.8 Å². The van der Waals surface area contributed by atoms with Crippen LogP contribution in [-0.4, -0.2) is 25.5 Å². The van der Waals surface area contributed by atoms with Crippen molar-refractivity contribution in [3.63, 3.8) is 0 Å². The van der Waals surface area contributed by atoms with E-state index in [2.05, 4.69) is 20.4 Å². The van der Waals surface area contributed by atoms with E-state index in [9.17, 15) is 4.79 Å². The summed E-state index contributed by atoms with van der Waals surface area (Å²) in [6, 6.07) is 8.83. The molecule has 0 spiro atoms. The maximum atomic E-state index is 12.5. The number of nitrogens with zero attached hydrogens (tertiary/aromatic N) is 4. The van der Waals surface area contributed by atoms with E-state index in [-0.39, 0.29) is 5.91 Å². The number of amides is 1. The number of rotatable bonds is 2. The van der Waals surface area contributed by atoms with Crippen molar-refractivity contribution in [3.8, 4) is 11.6 Å². The second kappa shape index (κ2) is 5.81. The van der Waals surface area contributed by atoms with Crippen LogP contribution >= 0.6 is 11.6 Å². The Morgan fingerprint density at radius 1 is 1.23 bits per heavy atom. The number of aromatic nitrogens is 4. The van der Waals surface area contributed by atoms with Crippen molar-refractivity contribution in [2.24, 2.45) is 5.41 Å². The predicted octanol–water partition coefficient (Wildman–Crippen LogP) is 4.18. The first-order valence-corrected chi connectivity index (χ1v) is 8.42. The highest BCUT2D eigenvalue weighted by Crippen LogP contribution is 2.27. The van der Waals surface area contributed by atoms with Gasteiger partial charge in [-0.1, -0.05) is 32.4 Å². The number of nitrogens with one attached hydrogen (secondary N) is 1. The molecule has 26 heavy (non-hydrogen) atoms. The topological polar surface area (TPSA) is 85.3 Å². The number of carbonyl (C=O) groups is 1. The summed E-state index contributed by atoms with van der Waals surface area (Å²) < 4.78 is 6.89. The number of anilines is 1. The molecule has 0 aliphatic rings. The third-order valence-corrected chi connectivity index (χ3v) is 4.12. The van der Waals surface area contributed by atoms with E-state index in [4.69, 9.17) is 16.0 Å². The zero-order valence-electron chi connectivity index (χ0n) is 14.4. The van der Waals surface area contributed by atoms with Crippen molar-refractivity contribution in [3.05, 3.63) is 41.6 Å². The Kier molecular flexibility index (Phi) is 3.69. The number of halogens is 1. The van der Waals surface area contributed by atoms with Crippen LogP contribution in [0.2, 0.25) is 5.02 Å². The van der Waals surface area contributed by atoms with E-state index in [0.29, 0.717) is 33.7 Å². The number of hydrogen-bond acceptors (Lipinski definition) is 5. The van der Waals surface area contributed by atoms with Gasteiger partial charge in [0, 0.05) is 15.8 Å². The van der Waals surface area contributed by atoms with E-state index in [0.717, 1.165) is 5.39 Å². The first kappa shape index (κ1) is 16.5. The van der Waals surface area contributed by atoms with Gasteiger partial charge in [-0.15, -0.1) is 5.10 Å². The van der Waals surface area contributed by atoms with Gasteiger partial charge in [0.1, 0.15) is 0 Å². The first-order valence-electron chi connectivity index (χ1n) is 8.04. The van der Waals surface area contributed by atoms with Crippen molar-refractivity contribution in [1.29, 1.82) is 0 Å². The molecule has 0 aliphatic heterocycles. The van der Waals surface area contributed by atoms with Crippen LogP contribution in [0.25, 0.3) is 28.1 Å². The summed E-state index contributed by atoms with van der Waals surface area (Å²) >= 11 is 6.14. The van der Waals surface area contributed by atoms with Crippen LogP contribution in [-0.2, 0) is 4.79 Å². The molecule has 4 rings (SSSR count). The van der Waals surface area contributed by atoms with Crippen LogP contribution in [0.15, 0.2) is 41.0 Å². The average Bonchev–Trinajstić information content (AvgIpc) is 3.24. The highest BCUT2D eigenvalue weighted by atomic mass is 35.5. The number of furan rings is 1. The zero-order valence-corrected chi connectivity index (χ0v) is 15.2. The minimum Gasteiger partial charge on any atom is -0.461 e. The standard InChI is InChI=1S/C18H16ClN5O2/c1-18(2,3)16(25)22-17-20-12-7-6-10(19)9-11(12)15-21-14(23-24(15)17)13-5-4-8-26-13/h4-9H,1-3H3,(H,20,22,25). The van der Waals surface area contributed by atoms with Gasteiger partial charge in [-0.3, -0.25) is 10.1 Å². The van der Waals surface area contributed by atoms with Crippen molar-refractivity contribution >= 4 is 40.0 Å². The van der Waals surface area contributed by atoms with Crippen molar-refractivity contribution in [2.75, 3.05) is 5.32 Å². The Morgan fingerprint density at radius 3 is 2.73 bits per heavy atom. The molecule has 0 bridgehead atoms. The lowest BCUT2D eigenvalue weighted by Crippen LogP contribution is -2.29. The first-order chi connectivity index (χ1) is 12.3. The van der Waals surface area contributed by atoms with Crippen LogP contribution in [0.3, 0.4) is 0 Å². The second-order valence-electron chi connectivity index (χ2n) is 6.95. The summed E-state index contributed by atoms with van der Waals surface area (Å²) in [7, 11) is 0. The lowest BCUT2D eigenvalue weighted by molar-refractivity contribution is -0.123. The normalized spacial score (nSPS) is 12.0. The molecule has 7 nitrogen and oxygen atoms in total. The summed E-state index contributed by atoms with van der Waals surface area (Å²) in [6.07, 6.45) is 1.55. The molecule has 8 heteroatoms. The summed E-state index contributed by atoms with van der Waals surface area (Å²) in [5.41, 5.74) is 0.616. The predicted molar refractivity (Wildman–Crippen MR) is 99.1 cm³/mol. The fourth-order valence-corrected chi connectivity index (χ4v) is 2.63. The molecule has 0 aliphatic carbocycles. The van der Waals surface area contributed by atoms with E-state index in [1.54, 1.807) is 36.6 Å². The maximum Gasteiger partial charge on any atom is 0.233 e. The van der Waals surface area contributed by atoms with Crippen molar-refractivity contribution in [2.45, 2.75) is 20.8 Å². The van der Waals surface area contributed by atoms with Gasteiger partial charge < -0.3 is 4.42 Å². The SMILES string of the molecule is CC(C)(C)C(=O)Nc1nc2ccc(Cl)cc2c2nc(-c3ccco3)nn12. The van der Waals surface area contributed by atoms with Crippen LogP contribution < -0.4 is 5.32 Å². The lowest BCUT2D eigenvalue weighted by Gasteiger charge is -2.17. The molecule has 132 valence electrons. The maximum absolute atomic E-state index is 12.5. The van der Waals surface area contributed by atoms with Gasteiger partial charge in [0.25, 0.3) is 0 Å². The molecule has 4 aromatic rings. The minimum absolute atomic E-state index is 0.172. The highest BCUT2D eigenvalue weighted by molar-refractivity contribution is 6.31. The summed E-state index contributed by atoms with van der Waals surface area (Å²) in [5.74, 6) is 1.04. The molecular weight excluding hydrogens is 354 g/mol. The number of hydrogen-bond donors (Lipinski definition) is 1. The van der Waals surface area contributed by atoms with Crippen molar-refractivity contribution in [1.82, 2.24) is 19.6 Å². The molecule has 0 saturated heterocycles. The molecule has 0 saturated carbocycles. The van der Waals surface area contributed by atoms with Gasteiger partial charge in [-0.2, -0.15) is 4.52 Å². The van der Waals surface area contributed by atoms with E-state index >= 15 is 0 Å². The fourth-order valence-electron chi connectivity index (χ4n) is 2.46. The Labute approximate surface area is 154 Å². The molecule has 3 aromatic heterocycles. The number of benzene rings is 1. The largest absolute Gasteiger partial charge is 0.461 e. The number of fused-ring (bicyclic) bond motifs is 3. The third-order valence-electron chi connectivity index (χ3n) is 3.88. The average molecular weight is 370 g/mol. The van der Waals surface area contributed by atoms with Gasteiger partial charge in [0.05, 0.1) is 11.8 Å². The van der Waals surface area contributed by atoms with Gasteiger partial charge in [0.2, 0.25) is 17.7 Å². The Bertz CT molecular complexity index is 1130. The Balaban J connectivity index is 1.97. The molecule has 0 radical (unpaired) electrons. The van der Waals surface area contributed by atoms with Crippen LogP contribution in [0, 0.1) is 5.41 Å². The van der Waals surface area contributed by atoms with Gasteiger partial charge in [-0.05, 0) is 30.3 Å². The molecule has 0 atom stereocenters. The molecule has 0 unspecified atom stereocenters. The number of carbonyl (C=O) groups excluding carboxylic acids is 1. The summed E-state index contributed by atoms with van der Waals surface area (Å²) in [6.45, 7) is 5.49. The molecule has 3 heterocycles. The zero-order chi connectivity index (χ0) is 18.5. The molecular formula is C18H16ClN5O2. The van der Waals surface area contributed by atoms with E-state index in [1.165, 1.54) is 4.52 Å². The minimum atomic E-state index is -0.576. The lowest BCUT2D eigenvalue weighted by atomic mass is 9.96. The van der Waals surface area contributed by atoms with E-state index < -0.39 is 5.41 Å². The Hall–Kier alpha value is -2.93. The smallest absolute Gasteiger partial charge is 0.233 e. The summed E-state index contributed by atoms with van der Waals surface area (Å²) in [4.78, 5) is 21.5. The Morgan fingerprint density at radius 2 is 2.04 bits per heavy atom. The fraction of sp³-hybridized carbons (Fsp3) is 0.222. The highest BCUT2D eigenvalue weighted by Gasteiger charge is 2.24. The van der Waals surface area contributed by atoms with Gasteiger partial charge >= 0.3 is 0 Å². The van der Waals surface area contributed by atoms with Crippen LogP contribution in [0.5, 0.6) is 0 Å². The van der Waals surface area contributed by atoms with E-state index in [1.807, 2.05) is 20.8 Å². The van der Waals surface area contributed by atoms with Crippen molar-refractivity contribution < 1.29 is 9.21 Å². The molecule has 1 N–H and O–H groups in total. The summed E-state index contributed by atoms with van der Waals surface area (Å²) in [5, 5.41) is 8.60. The van der Waals surface area contributed by atoms with Gasteiger partial charge in [0.15, 0.2) is 11.4 Å².